The lowest BCUT2D eigenvalue weighted by atomic mass is 9.93. The maximum Gasteiger partial charge on any atom is 0.164 e. The molecule has 5 atom stereocenters. The summed E-state index contributed by atoms with van der Waals surface area (Å²) in [6.45, 7) is 7.48. The minimum absolute atomic E-state index is 0.318. The van der Waals surface area contributed by atoms with Gasteiger partial charge in [0.1, 0.15) is 30.5 Å². The molecule has 0 spiro atoms. The van der Waals surface area contributed by atoms with Crippen LogP contribution in [0.15, 0.2) is 30.3 Å². The van der Waals surface area contributed by atoms with E-state index in [2.05, 4.69) is 0 Å². The van der Waals surface area contributed by atoms with E-state index in [9.17, 15) is 10.2 Å². The summed E-state index contributed by atoms with van der Waals surface area (Å²) >= 11 is 0. The molecule has 1 aromatic carbocycles. The number of rotatable bonds is 3. The van der Waals surface area contributed by atoms with Crippen molar-refractivity contribution in [1.82, 2.24) is 0 Å². The minimum Gasteiger partial charge on any atom is -0.387 e. The Morgan fingerprint density at radius 2 is 1.67 bits per heavy atom. The zero-order chi connectivity index (χ0) is 17.5. The van der Waals surface area contributed by atoms with E-state index in [1.54, 1.807) is 26.0 Å². The van der Waals surface area contributed by atoms with Crippen LogP contribution in [0.5, 0.6) is 0 Å². The first-order valence-corrected chi connectivity index (χ1v) is 8.27. The summed E-state index contributed by atoms with van der Waals surface area (Å²) in [5, 5.41) is 21.5. The molecule has 6 nitrogen and oxygen atoms in total. The molecule has 2 aliphatic heterocycles. The van der Waals surface area contributed by atoms with Gasteiger partial charge in [0.15, 0.2) is 11.6 Å². The van der Waals surface area contributed by atoms with Crippen LogP contribution in [0.4, 0.5) is 0 Å². The van der Waals surface area contributed by atoms with Crippen molar-refractivity contribution in [3.63, 3.8) is 0 Å². The second kappa shape index (κ2) is 6.37. The van der Waals surface area contributed by atoms with E-state index in [0.29, 0.717) is 12.2 Å². The fourth-order valence-electron chi connectivity index (χ4n) is 3.27. The van der Waals surface area contributed by atoms with Crippen LogP contribution in [0.1, 0.15) is 39.4 Å². The molecule has 134 valence electrons. The van der Waals surface area contributed by atoms with Crippen LogP contribution in [-0.4, -0.2) is 52.8 Å². The van der Waals surface area contributed by atoms with E-state index < -0.39 is 42.1 Å². The molecule has 0 saturated carbocycles. The zero-order valence-corrected chi connectivity index (χ0v) is 14.5. The first kappa shape index (κ1) is 17.8. The first-order valence-electron chi connectivity index (χ1n) is 8.27. The second-order valence-electron chi connectivity index (χ2n) is 7.28. The van der Waals surface area contributed by atoms with E-state index in [0.717, 1.165) is 0 Å². The molecule has 2 heterocycles. The van der Waals surface area contributed by atoms with Gasteiger partial charge in [-0.2, -0.15) is 0 Å². The molecule has 0 aliphatic carbocycles. The van der Waals surface area contributed by atoms with Crippen molar-refractivity contribution in [1.29, 1.82) is 0 Å². The van der Waals surface area contributed by atoms with Gasteiger partial charge in [0.2, 0.25) is 0 Å². The Balaban J connectivity index is 1.82. The first-order chi connectivity index (χ1) is 11.2. The number of benzene rings is 1. The number of hydrogen-bond acceptors (Lipinski definition) is 6. The monoisotopic (exact) mass is 338 g/mol. The topological polar surface area (TPSA) is 77.4 Å². The highest BCUT2D eigenvalue weighted by atomic mass is 16.8. The molecule has 1 aromatic rings. The van der Waals surface area contributed by atoms with Gasteiger partial charge in [0.25, 0.3) is 0 Å². The van der Waals surface area contributed by atoms with Gasteiger partial charge >= 0.3 is 0 Å². The van der Waals surface area contributed by atoms with Gasteiger partial charge < -0.3 is 29.2 Å². The fraction of sp³-hybridized carbons (Fsp3) is 0.667. The van der Waals surface area contributed by atoms with Crippen molar-refractivity contribution in [2.45, 2.75) is 69.8 Å². The smallest absolute Gasteiger partial charge is 0.164 e. The van der Waals surface area contributed by atoms with Gasteiger partial charge in [-0.05, 0) is 33.3 Å². The SMILES string of the molecule is CC1(C)O[C@@H]([C@H](O)c2ccccc2)[C@@H](O)[C@@H]([C@H]2COC(C)(C)O2)O1. The molecule has 2 saturated heterocycles. The standard InChI is InChI=1S/C18H26O6/c1-17(2)21-10-12(22-17)15-14(20)16(24-18(3,4)23-15)13(19)11-8-6-5-7-9-11/h5-9,12-16,19-20H,10H2,1-4H3/t12-,13-,14+,15-,16+/m1/s1. The number of aliphatic hydroxyl groups excluding tert-OH is 2. The van der Waals surface area contributed by atoms with Crippen LogP contribution in [0.2, 0.25) is 0 Å². The Kier molecular flexibility index (Phi) is 4.72. The molecule has 2 fully saturated rings. The van der Waals surface area contributed by atoms with Crippen molar-refractivity contribution in [3.8, 4) is 0 Å². The Hall–Kier alpha value is -1.02. The Morgan fingerprint density at radius 1 is 1.00 bits per heavy atom. The molecule has 0 unspecified atom stereocenters. The van der Waals surface area contributed by atoms with Crippen molar-refractivity contribution < 1.29 is 29.2 Å². The van der Waals surface area contributed by atoms with Crippen molar-refractivity contribution >= 4 is 0 Å². The van der Waals surface area contributed by atoms with Crippen LogP contribution in [0, 0.1) is 0 Å². The van der Waals surface area contributed by atoms with Crippen LogP contribution in [0.3, 0.4) is 0 Å². The molecule has 2 N–H and O–H groups in total. The van der Waals surface area contributed by atoms with Crippen molar-refractivity contribution in [2.75, 3.05) is 6.61 Å². The van der Waals surface area contributed by atoms with Gasteiger partial charge in [-0.1, -0.05) is 30.3 Å². The van der Waals surface area contributed by atoms with Crippen LogP contribution in [0.25, 0.3) is 0 Å². The average Bonchev–Trinajstić information content (AvgIpc) is 2.89. The lowest BCUT2D eigenvalue weighted by Gasteiger charge is -2.46. The molecule has 0 radical (unpaired) electrons. The third-order valence-corrected chi connectivity index (χ3v) is 4.36. The van der Waals surface area contributed by atoms with Gasteiger partial charge in [-0.3, -0.25) is 0 Å². The average molecular weight is 338 g/mol. The highest BCUT2D eigenvalue weighted by Crippen LogP contribution is 2.38. The van der Waals surface area contributed by atoms with Gasteiger partial charge in [-0.15, -0.1) is 0 Å². The third-order valence-electron chi connectivity index (χ3n) is 4.36. The summed E-state index contributed by atoms with van der Waals surface area (Å²) in [7, 11) is 0. The van der Waals surface area contributed by atoms with E-state index >= 15 is 0 Å². The van der Waals surface area contributed by atoms with Gasteiger partial charge in [0, 0.05) is 0 Å². The van der Waals surface area contributed by atoms with Gasteiger partial charge in [0.05, 0.1) is 6.61 Å². The summed E-state index contributed by atoms with van der Waals surface area (Å²) < 4.78 is 23.1. The van der Waals surface area contributed by atoms with Crippen molar-refractivity contribution in [3.05, 3.63) is 35.9 Å². The maximum absolute atomic E-state index is 10.8. The number of aliphatic hydroxyl groups is 2. The zero-order valence-electron chi connectivity index (χ0n) is 14.5. The predicted octanol–water partition coefficient (Wildman–Crippen LogP) is 1.75. The van der Waals surface area contributed by atoms with E-state index in [1.165, 1.54) is 0 Å². The van der Waals surface area contributed by atoms with E-state index in [4.69, 9.17) is 18.9 Å². The highest BCUT2D eigenvalue weighted by Gasteiger charge is 2.51. The number of hydrogen-bond donors (Lipinski definition) is 2. The third kappa shape index (κ3) is 3.64. The molecule has 3 rings (SSSR count). The summed E-state index contributed by atoms with van der Waals surface area (Å²) in [5.74, 6) is -1.68. The van der Waals surface area contributed by atoms with Crippen molar-refractivity contribution in [2.24, 2.45) is 0 Å². The van der Waals surface area contributed by atoms with Gasteiger partial charge in [-0.25, -0.2) is 0 Å². The summed E-state index contributed by atoms with van der Waals surface area (Å²) in [5.41, 5.74) is 0.682. The van der Waals surface area contributed by atoms with E-state index in [1.807, 2.05) is 32.0 Å². The lowest BCUT2D eigenvalue weighted by molar-refractivity contribution is -0.358. The fourth-order valence-corrected chi connectivity index (χ4v) is 3.27. The number of ether oxygens (including phenoxy) is 4. The lowest BCUT2D eigenvalue weighted by Crippen LogP contribution is -2.60. The van der Waals surface area contributed by atoms with Crippen LogP contribution < -0.4 is 0 Å². The summed E-state index contributed by atoms with van der Waals surface area (Å²) in [6, 6.07) is 9.15. The predicted molar refractivity (Wildman–Crippen MR) is 86.1 cm³/mol. The molecule has 6 heteroatoms. The second-order valence-corrected chi connectivity index (χ2v) is 7.28. The molecular formula is C18H26O6. The molecule has 0 amide bonds. The molecule has 24 heavy (non-hydrogen) atoms. The minimum atomic E-state index is -1.05. The largest absolute Gasteiger partial charge is 0.387 e. The van der Waals surface area contributed by atoms with E-state index in [-0.39, 0.29) is 0 Å². The molecule has 0 bridgehead atoms. The quantitative estimate of drug-likeness (QED) is 0.874. The Bertz CT molecular complexity index is 558. The highest BCUT2D eigenvalue weighted by molar-refractivity contribution is 5.19. The Morgan fingerprint density at radius 3 is 2.25 bits per heavy atom. The molecule has 2 aliphatic rings. The molecular weight excluding hydrogens is 312 g/mol. The van der Waals surface area contributed by atoms with Crippen LogP contribution >= 0.6 is 0 Å². The Labute approximate surface area is 142 Å². The normalized spacial score (nSPS) is 36.4. The molecule has 0 aromatic heterocycles. The summed E-state index contributed by atoms with van der Waals surface area (Å²) in [6.07, 6.45) is -3.92. The summed E-state index contributed by atoms with van der Waals surface area (Å²) in [4.78, 5) is 0. The van der Waals surface area contributed by atoms with Crippen LogP contribution in [-0.2, 0) is 18.9 Å². The maximum atomic E-state index is 10.8.